The van der Waals surface area contributed by atoms with Crippen molar-refractivity contribution in [2.75, 3.05) is 19.5 Å². The maximum absolute atomic E-state index is 6.33. The highest BCUT2D eigenvalue weighted by Crippen LogP contribution is 2.43. The van der Waals surface area contributed by atoms with Crippen LogP contribution in [0.4, 0.5) is 5.82 Å². The summed E-state index contributed by atoms with van der Waals surface area (Å²) < 4.78 is 10.9. The van der Waals surface area contributed by atoms with E-state index in [2.05, 4.69) is 27.4 Å². The van der Waals surface area contributed by atoms with E-state index in [1.54, 1.807) is 14.2 Å². The van der Waals surface area contributed by atoms with Crippen molar-refractivity contribution in [3.8, 4) is 22.8 Å². The number of rotatable bonds is 4. The van der Waals surface area contributed by atoms with E-state index in [1.807, 2.05) is 18.3 Å². The monoisotopic (exact) mass is 360 g/mol. The molecule has 0 bridgehead atoms. The lowest BCUT2D eigenvalue weighted by Gasteiger charge is -2.11. The molecule has 1 atom stereocenters. The smallest absolute Gasteiger partial charge is 0.316 e. The molecule has 0 radical (unpaired) electrons. The van der Waals surface area contributed by atoms with Crippen LogP contribution in [0.3, 0.4) is 0 Å². The number of halogens is 1. The Hall–Kier alpha value is -2.47. The molecule has 2 aliphatic rings. The van der Waals surface area contributed by atoms with E-state index in [4.69, 9.17) is 21.1 Å². The summed E-state index contributed by atoms with van der Waals surface area (Å²) in [7, 11) is 3.30. The molecule has 2 heterocycles. The summed E-state index contributed by atoms with van der Waals surface area (Å²) in [5, 5.41) is 10.6. The lowest BCUT2D eigenvalue weighted by molar-refractivity contribution is -0.433. The lowest BCUT2D eigenvalue weighted by Crippen LogP contribution is -2.67. The molecule has 0 spiro atoms. The van der Waals surface area contributed by atoms with Crippen molar-refractivity contribution in [2.24, 2.45) is 5.92 Å². The largest absolute Gasteiger partial charge is 0.493 e. The number of H-pyrrole nitrogens is 2. The minimum absolute atomic E-state index is 0.330. The number of ether oxygens (including phenoxy) is 2. The van der Waals surface area contributed by atoms with E-state index in [9.17, 15) is 0 Å². The molecule has 0 saturated carbocycles. The van der Waals surface area contributed by atoms with Crippen LogP contribution >= 0.6 is 11.6 Å². The van der Waals surface area contributed by atoms with Gasteiger partial charge < -0.3 is 9.47 Å². The van der Waals surface area contributed by atoms with Crippen LogP contribution < -0.4 is 24.9 Å². The summed E-state index contributed by atoms with van der Waals surface area (Å²) in [6, 6.07) is 4.05. The fourth-order valence-electron chi connectivity index (χ4n) is 3.45. The summed E-state index contributed by atoms with van der Waals surface area (Å²) in [4.78, 5) is 3.09. The van der Waals surface area contributed by atoms with E-state index in [0.717, 1.165) is 47.1 Å². The molecule has 4 N–H and O–H groups in total. The zero-order valence-corrected chi connectivity index (χ0v) is 15.2. The molecule has 0 fully saturated rings. The summed E-state index contributed by atoms with van der Waals surface area (Å²) in [5.74, 6) is 2.74. The molecule has 1 aliphatic carbocycles. The summed E-state index contributed by atoms with van der Waals surface area (Å²) in [6.45, 7) is 2.15. The molecule has 25 heavy (non-hydrogen) atoms. The molecule has 1 aliphatic heterocycles. The van der Waals surface area contributed by atoms with Gasteiger partial charge in [0.25, 0.3) is 0 Å². The van der Waals surface area contributed by atoms with E-state index in [1.165, 1.54) is 11.1 Å². The van der Waals surface area contributed by atoms with Crippen LogP contribution in [-0.4, -0.2) is 25.5 Å². The highest BCUT2D eigenvalue weighted by Gasteiger charge is 2.33. The first-order valence-electron chi connectivity index (χ1n) is 8.25. The zero-order valence-electron chi connectivity index (χ0n) is 14.4. The van der Waals surface area contributed by atoms with Crippen molar-refractivity contribution in [3.63, 3.8) is 0 Å². The van der Waals surface area contributed by atoms with Crippen molar-refractivity contribution in [1.82, 2.24) is 5.10 Å². The Morgan fingerprint density at radius 2 is 2.00 bits per heavy atom. The van der Waals surface area contributed by atoms with Crippen LogP contribution in [-0.2, 0) is 6.42 Å². The molecule has 1 unspecified atom stereocenters. The number of allylic oxidation sites excluding steroid dienone is 1. The molecular formula is C18H21ClN4O2+2. The van der Waals surface area contributed by atoms with Gasteiger partial charge in [-0.2, -0.15) is 5.10 Å². The Kier molecular flexibility index (Phi) is 3.92. The maximum atomic E-state index is 6.33. The number of fused-ring (bicyclic) bond motifs is 3. The first-order chi connectivity index (χ1) is 12.1. The molecule has 4 rings (SSSR count). The second-order valence-electron chi connectivity index (χ2n) is 6.36. The standard InChI is InChI=1S/C18H19ClN4O2/c1-9-4-5-20-17(19)15(9)21-18-12-6-10-7-13(24-2)14(25-3)8-11(10)16(12)22-23-18/h5,7-9H,4,6H2,1-3H3,(H2,21,22,23)/p+2. The molecule has 1 aromatic heterocycles. The summed E-state index contributed by atoms with van der Waals surface area (Å²) in [6.07, 6.45) is 3.73. The fourth-order valence-corrected chi connectivity index (χ4v) is 3.77. The number of nitrogens with one attached hydrogen (secondary N) is 4. The van der Waals surface area contributed by atoms with Gasteiger partial charge in [0.15, 0.2) is 17.2 Å². The molecular weight excluding hydrogens is 340 g/mol. The van der Waals surface area contributed by atoms with Gasteiger partial charge in [-0.1, -0.05) is 6.92 Å². The van der Waals surface area contributed by atoms with Crippen LogP contribution in [0.5, 0.6) is 11.5 Å². The van der Waals surface area contributed by atoms with Crippen molar-refractivity contribution in [3.05, 3.63) is 34.1 Å². The first kappa shape index (κ1) is 16.0. The van der Waals surface area contributed by atoms with Crippen LogP contribution in [0.25, 0.3) is 11.3 Å². The topological polar surface area (TPSA) is 74.4 Å². The molecule has 1 aromatic carbocycles. The third-order valence-corrected chi connectivity index (χ3v) is 5.16. The van der Waals surface area contributed by atoms with Crippen LogP contribution in [0.15, 0.2) is 23.0 Å². The minimum atomic E-state index is 0.330. The number of methoxy groups -OCH3 is 2. The fraction of sp³-hybridized carbons (Fsp3) is 0.333. The van der Waals surface area contributed by atoms with Gasteiger partial charge in [0.05, 0.1) is 25.5 Å². The zero-order chi connectivity index (χ0) is 17.6. The number of aromatic amines is 2. The predicted molar refractivity (Wildman–Crippen MR) is 96.0 cm³/mol. The summed E-state index contributed by atoms with van der Waals surface area (Å²) >= 11 is 6.33. The Morgan fingerprint density at radius 1 is 1.24 bits per heavy atom. The highest BCUT2D eigenvalue weighted by molar-refractivity contribution is 6.28. The quantitative estimate of drug-likeness (QED) is 0.616. The third kappa shape index (κ3) is 2.57. The molecule has 2 aromatic rings. The Labute approximate surface area is 150 Å². The van der Waals surface area contributed by atoms with Gasteiger partial charge in [-0.3, -0.25) is 0 Å². The van der Waals surface area contributed by atoms with E-state index in [0.29, 0.717) is 11.1 Å². The average molecular weight is 361 g/mol. The van der Waals surface area contributed by atoms with Crippen LogP contribution in [0.2, 0.25) is 0 Å². The van der Waals surface area contributed by atoms with Gasteiger partial charge in [0.1, 0.15) is 6.21 Å². The van der Waals surface area contributed by atoms with Crippen molar-refractivity contribution in [1.29, 1.82) is 0 Å². The Morgan fingerprint density at radius 3 is 2.72 bits per heavy atom. The van der Waals surface area contributed by atoms with E-state index < -0.39 is 0 Å². The van der Waals surface area contributed by atoms with E-state index >= 15 is 0 Å². The SMILES string of the molecule is COc1cc2c(cc1OC)-c1[nH][nH+]c(NC3=C(Cl)[NH+]=CCC3C)c1C2. The normalized spacial score (nSPS) is 18.2. The van der Waals surface area contributed by atoms with Gasteiger partial charge in [-0.05, 0) is 29.3 Å². The van der Waals surface area contributed by atoms with E-state index in [-0.39, 0.29) is 0 Å². The van der Waals surface area contributed by atoms with Gasteiger partial charge >= 0.3 is 11.0 Å². The minimum Gasteiger partial charge on any atom is -0.493 e. The molecule has 6 nitrogen and oxygen atoms in total. The predicted octanol–water partition coefficient (Wildman–Crippen LogP) is 1.43. The number of hydrogen-bond acceptors (Lipinski definition) is 3. The first-order valence-corrected chi connectivity index (χ1v) is 8.62. The third-order valence-electron chi connectivity index (χ3n) is 4.85. The van der Waals surface area contributed by atoms with Crippen molar-refractivity contribution < 1.29 is 19.6 Å². The Balaban J connectivity index is 1.71. The number of aromatic nitrogens is 2. The second kappa shape index (κ2) is 6.11. The van der Waals surface area contributed by atoms with Crippen molar-refractivity contribution >= 4 is 23.6 Å². The number of benzene rings is 1. The van der Waals surface area contributed by atoms with Gasteiger partial charge in [-0.25, -0.2) is 15.4 Å². The molecule has 130 valence electrons. The maximum Gasteiger partial charge on any atom is 0.316 e. The molecule has 7 heteroatoms. The highest BCUT2D eigenvalue weighted by atomic mass is 35.5. The van der Waals surface area contributed by atoms with Gasteiger partial charge in [0, 0.05) is 24.3 Å². The number of hydrogen-bond donors (Lipinski definition) is 3. The average Bonchev–Trinajstić information content (AvgIpc) is 3.16. The van der Waals surface area contributed by atoms with Gasteiger partial charge in [0.2, 0.25) is 0 Å². The van der Waals surface area contributed by atoms with Crippen molar-refractivity contribution in [2.45, 2.75) is 19.8 Å². The van der Waals surface area contributed by atoms with Crippen LogP contribution in [0, 0.1) is 5.92 Å². The summed E-state index contributed by atoms with van der Waals surface area (Å²) in [5.41, 5.74) is 5.58. The second-order valence-corrected chi connectivity index (χ2v) is 6.74. The van der Waals surface area contributed by atoms with Gasteiger partial charge in [-0.15, -0.1) is 0 Å². The lowest BCUT2D eigenvalue weighted by atomic mass is 10.0. The molecule has 0 amide bonds. The number of anilines is 1. The Bertz CT molecular complexity index is 901. The molecule has 0 saturated heterocycles. The van der Waals surface area contributed by atoms with Crippen LogP contribution in [0.1, 0.15) is 24.5 Å².